The summed E-state index contributed by atoms with van der Waals surface area (Å²) in [5, 5.41) is 3.10. The van der Waals surface area contributed by atoms with Crippen molar-refractivity contribution in [2.45, 2.75) is 58.3 Å². The first kappa shape index (κ1) is 13.6. The number of hydrogen-bond acceptors (Lipinski definition) is 3. The molecular weight excluding hydrogens is 246 g/mol. The third kappa shape index (κ3) is 2.75. The molecule has 2 heterocycles. The predicted octanol–water partition coefficient (Wildman–Crippen LogP) is 3.13. The van der Waals surface area contributed by atoms with Gasteiger partial charge in [0.15, 0.2) is 0 Å². The SMILES string of the molecule is Cc1ccc(C(=O)NC2CC(C)(C)OC2(C)C)s1. The lowest BCUT2D eigenvalue weighted by molar-refractivity contribution is -0.0693. The smallest absolute Gasteiger partial charge is 0.261 e. The van der Waals surface area contributed by atoms with E-state index in [2.05, 4.69) is 19.2 Å². The van der Waals surface area contributed by atoms with Gasteiger partial charge in [-0.3, -0.25) is 4.79 Å². The van der Waals surface area contributed by atoms with Crippen LogP contribution in [-0.4, -0.2) is 23.2 Å². The lowest BCUT2D eigenvalue weighted by Gasteiger charge is -2.27. The van der Waals surface area contributed by atoms with Gasteiger partial charge in [0.1, 0.15) is 0 Å². The minimum Gasteiger partial charge on any atom is -0.367 e. The summed E-state index contributed by atoms with van der Waals surface area (Å²) in [5.41, 5.74) is -0.488. The number of amides is 1. The van der Waals surface area contributed by atoms with Crippen LogP contribution in [0.3, 0.4) is 0 Å². The van der Waals surface area contributed by atoms with Crippen LogP contribution in [0, 0.1) is 6.92 Å². The van der Waals surface area contributed by atoms with E-state index >= 15 is 0 Å². The first-order valence-corrected chi connectivity index (χ1v) is 7.09. The Morgan fingerprint density at radius 2 is 2.06 bits per heavy atom. The van der Waals surface area contributed by atoms with Gasteiger partial charge in [-0.1, -0.05) is 0 Å². The number of carbonyl (C=O) groups excluding carboxylic acids is 1. The highest BCUT2D eigenvalue weighted by atomic mass is 32.1. The third-order valence-electron chi connectivity index (χ3n) is 3.34. The van der Waals surface area contributed by atoms with Gasteiger partial charge in [-0.25, -0.2) is 0 Å². The van der Waals surface area contributed by atoms with Gasteiger partial charge in [0, 0.05) is 4.88 Å². The first-order chi connectivity index (χ1) is 8.20. The van der Waals surface area contributed by atoms with E-state index < -0.39 is 0 Å². The average molecular weight is 267 g/mol. The maximum atomic E-state index is 12.2. The summed E-state index contributed by atoms with van der Waals surface area (Å²) < 4.78 is 5.98. The molecule has 18 heavy (non-hydrogen) atoms. The molecule has 1 saturated heterocycles. The Labute approximate surface area is 113 Å². The largest absolute Gasteiger partial charge is 0.367 e. The van der Waals surface area contributed by atoms with Crippen molar-refractivity contribution in [1.29, 1.82) is 0 Å². The number of nitrogens with one attached hydrogen (secondary N) is 1. The number of carbonyl (C=O) groups is 1. The predicted molar refractivity (Wildman–Crippen MR) is 74.2 cm³/mol. The Morgan fingerprint density at radius 1 is 1.39 bits per heavy atom. The summed E-state index contributed by atoms with van der Waals surface area (Å²) in [7, 11) is 0. The third-order valence-corrected chi connectivity index (χ3v) is 4.34. The molecule has 0 saturated carbocycles. The topological polar surface area (TPSA) is 38.3 Å². The molecule has 0 spiro atoms. The Morgan fingerprint density at radius 3 is 2.50 bits per heavy atom. The van der Waals surface area contributed by atoms with Crippen LogP contribution < -0.4 is 5.32 Å². The summed E-state index contributed by atoms with van der Waals surface area (Å²) in [6, 6.07) is 3.91. The molecule has 0 bridgehead atoms. The van der Waals surface area contributed by atoms with E-state index in [9.17, 15) is 4.79 Å². The maximum absolute atomic E-state index is 12.2. The zero-order valence-electron chi connectivity index (χ0n) is 11.7. The molecule has 0 radical (unpaired) electrons. The summed E-state index contributed by atoms with van der Waals surface area (Å²) in [4.78, 5) is 14.1. The van der Waals surface area contributed by atoms with E-state index in [1.165, 1.54) is 11.3 Å². The van der Waals surface area contributed by atoms with Crippen LogP contribution in [0.1, 0.15) is 48.7 Å². The van der Waals surface area contributed by atoms with Crippen molar-refractivity contribution in [3.05, 3.63) is 21.9 Å². The second-order valence-corrected chi connectivity index (χ2v) is 7.39. The summed E-state index contributed by atoms with van der Waals surface area (Å²) >= 11 is 1.53. The lowest BCUT2D eigenvalue weighted by Crippen LogP contribution is -2.45. The van der Waals surface area contributed by atoms with Crippen molar-refractivity contribution in [2.24, 2.45) is 0 Å². The second-order valence-electron chi connectivity index (χ2n) is 6.11. The zero-order chi connectivity index (χ0) is 13.6. The molecule has 3 nitrogen and oxygen atoms in total. The molecule has 0 aliphatic carbocycles. The molecule has 1 aromatic heterocycles. The van der Waals surface area contributed by atoms with E-state index in [-0.39, 0.29) is 23.2 Å². The fourth-order valence-corrected chi connectivity index (χ4v) is 3.34. The highest BCUT2D eigenvalue weighted by molar-refractivity contribution is 7.13. The van der Waals surface area contributed by atoms with E-state index in [0.29, 0.717) is 0 Å². The van der Waals surface area contributed by atoms with Crippen molar-refractivity contribution in [1.82, 2.24) is 5.32 Å². The Balaban J connectivity index is 2.08. The summed E-state index contributed by atoms with van der Waals surface area (Å²) in [5.74, 6) is 0.00692. The monoisotopic (exact) mass is 267 g/mol. The van der Waals surface area contributed by atoms with Gasteiger partial charge in [0.25, 0.3) is 5.91 Å². The number of aryl methyl sites for hydroxylation is 1. The molecular formula is C14H21NO2S. The normalized spacial score (nSPS) is 25.1. The van der Waals surface area contributed by atoms with Crippen LogP contribution >= 0.6 is 11.3 Å². The quantitative estimate of drug-likeness (QED) is 0.894. The zero-order valence-corrected chi connectivity index (χ0v) is 12.5. The maximum Gasteiger partial charge on any atom is 0.261 e. The second kappa shape index (κ2) is 4.35. The van der Waals surface area contributed by atoms with Crippen LogP contribution in [0.2, 0.25) is 0 Å². The minimum absolute atomic E-state index is 0.00692. The summed E-state index contributed by atoms with van der Waals surface area (Å²) in [6.07, 6.45) is 0.843. The molecule has 4 heteroatoms. The molecule has 1 amide bonds. The summed E-state index contributed by atoms with van der Waals surface area (Å²) in [6.45, 7) is 10.2. The first-order valence-electron chi connectivity index (χ1n) is 6.27. The van der Waals surface area contributed by atoms with Crippen LogP contribution in [0.15, 0.2) is 12.1 Å². The number of hydrogen-bond donors (Lipinski definition) is 1. The van der Waals surface area contributed by atoms with Crippen molar-refractivity contribution < 1.29 is 9.53 Å². The number of thiophene rings is 1. The molecule has 1 atom stereocenters. The number of ether oxygens (including phenoxy) is 1. The van der Waals surface area contributed by atoms with E-state index in [1.54, 1.807) is 0 Å². The Bertz CT molecular complexity index is 462. The molecule has 1 fully saturated rings. The van der Waals surface area contributed by atoms with Crippen molar-refractivity contribution in [2.75, 3.05) is 0 Å². The minimum atomic E-state index is -0.314. The van der Waals surface area contributed by atoms with Crippen molar-refractivity contribution in [3.8, 4) is 0 Å². The molecule has 1 unspecified atom stereocenters. The van der Waals surface area contributed by atoms with Crippen LogP contribution in [0.5, 0.6) is 0 Å². The van der Waals surface area contributed by atoms with Gasteiger partial charge in [-0.2, -0.15) is 0 Å². The van der Waals surface area contributed by atoms with Crippen LogP contribution in [0.25, 0.3) is 0 Å². The Hall–Kier alpha value is -0.870. The fourth-order valence-electron chi connectivity index (χ4n) is 2.57. The van der Waals surface area contributed by atoms with E-state index in [0.717, 1.165) is 16.2 Å². The van der Waals surface area contributed by atoms with Gasteiger partial charge in [-0.05, 0) is 53.2 Å². The molecule has 2 rings (SSSR count). The Kier molecular flexibility index (Phi) is 3.28. The molecule has 1 aliphatic rings. The van der Waals surface area contributed by atoms with Crippen LogP contribution in [-0.2, 0) is 4.74 Å². The highest BCUT2D eigenvalue weighted by Gasteiger charge is 2.46. The average Bonchev–Trinajstić information content (AvgIpc) is 2.68. The standard InChI is InChI=1S/C14H21NO2S/c1-9-6-7-10(18-9)12(16)15-11-8-13(2,3)17-14(11,4)5/h6-7,11H,8H2,1-5H3,(H,15,16). The van der Waals surface area contributed by atoms with Crippen molar-refractivity contribution >= 4 is 17.2 Å². The number of rotatable bonds is 2. The molecule has 1 aromatic rings. The molecule has 100 valence electrons. The van der Waals surface area contributed by atoms with E-state index in [1.807, 2.05) is 32.9 Å². The molecule has 1 aliphatic heterocycles. The van der Waals surface area contributed by atoms with Crippen LogP contribution in [0.4, 0.5) is 0 Å². The molecule has 1 N–H and O–H groups in total. The highest BCUT2D eigenvalue weighted by Crippen LogP contribution is 2.37. The van der Waals surface area contributed by atoms with Gasteiger partial charge in [0.05, 0.1) is 22.1 Å². The van der Waals surface area contributed by atoms with Crippen molar-refractivity contribution in [3.63, 3.8) is 0 Å². The van der Waals surface area contributed by atoms with Gasteiger partial charge >= 0.3 is 0 Å². The van der Waals surface area contributed by atoms with Gasteiger partial charge in [-0.15, -0.1) is 11.3 Å². The van der Waals surface area contributed by atoms with Gasteiger partial charge in [0.2, 0.25) is 0 Å². The van der Waals surface area contributed by atoms with Gasteiger partial charge < -0.3 is 10.1 Å². The fraction of sp³-hybridized carbons (Fsp3) is 0.643. The molecule has 0 aromatic carbocycles. The lowest BCUT2D eigenvalue weighted by atomic mass is 9.94. The van der Waals surface area contributed by atoms with E-state index in [4.69, 9.17) is 4.74 Å².